The van der Waals surface area contributed by atoms with Gasteiger partial charge < -0.3 is 14.2 Å². The third-order valence-corrected chi connectivity index (χ3v) is 6.30. The lowest BCUT2D eigenvalue weighted by Crippen LogP contribution is -2.72. The van der Waals surface area contributed by atoms with Crippen molar-refractivity contribution >= 4 is 5.97 Å². The highest BCUT2D eigenvalue weighted by Crippen LogP contribution is 2.63. The molecule has 6 nitrogen and oxygen atoms in total. The summed E-state index contributed by atoms with van der Waals surface area (Å²) in [5.41, 5.74) is -1.53. The van der Waals surface area contributed by atoms with E-state index in [2.05, 4.69) is 6.92 Å². The fourth-order valence-corrected chi connectivity index (χ4v) is 5.03. The molecule has 6 rings (SSSR count). The van der Waals surface area contributed by atoms with Crippen molar-refractivity contribution in [2.24, 2.45) is 17.8 Å². The van der Waals surface area contributed by atoms with Crippen molar-refractivity contribution in [3.8, 4) is 0 Å². The number of ether oxygens (including phenoxy) is 3. The van der Waals surface area contributed by atoms with Crippen LogP contribution in [0.4, 0.5) is 0 Å². The van der Waals surface area contributed by atoms with Gasteiger partial charge in [-0.25, -0.2) is 14.6 Å². The summed E-state index contributed by atoms with van der Waals surface area (Å²) < 4.78 is 17.2. The van der Waals surface area contributed by atoms with E-state index in [-0.39, 0.29) is 17.8 Å². The Labute approximate surface area is 122 Å². The van der Waals surface area contributed by atoms with Crippen LogP contribution in [0.15, 0.2) is 0 Å². The second-order valence-corrected chi connectivity index (χ2v) is 7.44. The molecule has 1 aliphatic carbocycles. The molecule has 6 aliphatic rings. The Morgan fingerprint density at radius 1 is 1.19 bits per heavy atom. The van der Waals surface area contributed by atoms with Gasteiger partial charge in [-0.3, -0.25) is 0 Å². The minimum atomic E-state index is -0.827. The second kappa shape index (κ2) is 3.62. The molecule has 1 saturated carbocycles. The Bertz CT molecular complexity index is 516. The first kappa shape index (κ1) is 12.8. The molecule has 0 radical (unpaired) electrons. The zero-order valence-corrected chi connectivity index (χ0v) is 12.3. The van der Waals surface area contributed by atoms with Gasteiger partial charge in [-0.15, -0.1) is 0 Å². The summed E-state index contributed by atoms with van der Waals surface area (Å²) in [4.78, 5) is 24.0. The van der Waals surface area contributed by atoms with Gasteiger partial charge in [0, 0.05) is 18.3 Å². The molecular formula is C15H20O6. The maximum absolute atomic E-state index is 12.4. The topological polar surface area (TPSA) is 66.5 Å². The Hall–Kier alpha value is -0.690. The maximum atomic E-state index is 12.4. The van der Waals surface area contributed by atoms with E-state index in [4.69, 9.17) is 24.0 Å². The fraction of sp³-hybridized carbons (Fsp3) is 0.933. The van der Waals surface area contributed by atoms with E-state index < -0.39 is 23.3 Å². The lowest BCUT2D eigenvalue weighted by Gasteiger charge is -2.57. The molecule has 2 spiro atoms. The van der Waals surface area contributed by atoms with Gasteiger partial charge in [0.25, 0.3) is 0 Å². The molecule has 0 aromatic rings. The van der Waals surface area contributed by atoms with Crippen molar-refractivity contribution in [3.63, 3.8) is 0 Å². The van der Waals surface area contributed by atoms with Crippen molar-refractivity contribution in [1.29, 1.82) is 0 Å². The van der Waals surface area contributed by atoms with Crippen LogP contribution >= 0.6 is 0 Å². The van der Waals surface area contributed by atoms with Crippen LogP contribution < -0.4 is 0 Å². The molecule has 0 aromatic heterocycles. The Kier molecular flexibility index (Phi) is 2.21. The van der Waals surface area contributed by atoms with Gasteiger partial charge in [0.2, 0.25) is 12.1 Å². The van der Waals surface area contributed by atoms with E-state index in [1.54, 1.807) is 0 Å². The van der Waals surface area contributed by atoms with Gasteiger partial charge in [-0.05, 0) is 32.1 Å². The first-order valence-electron chi connectivity index (χ1n) is 7.90. The van der Waals surface area contributed by atoms with Crippen LogP contribution in [0.1, 0.15) is 39.5 Å². The van der Waals surface area contributed by atoms with Crippen LogP contribution in [-0.2, 0) is 28.8 Å². The zero-order chi connectivity index (χ0) is 14.5. The van der Waals surface area contributed by atoms with Crippen molar-refractivity contribution in [2.75, 3.05) is 6.61 Å². The van der Waals surface area contributed by atoms with Gasteiger partial charge >= 0.3 is 5.97 Å². The van der Waals surface area contributed by atoms with Crippen LogP contribution in [-0.4, -0.2) is 35.9 Å². The molecule has 21 heavy (non-hydrogen) atoms. The van der Waals surface area contributed by atoms with Crippen LogP contribution in [0.5, 0.6) is 0 Å². The summed E-state index contributed by atoms with van der Waals surface area (Å²) in [7, 11) is 0. The molecule has 5 heterocycles. The number of carbonyl (C=O) groups is 1. The molecule has 6 fully saturated rings. The molecule has 5 saturated heterocycles. The van der Waals surface area contributed by atoms with E-state index in [0.29, 0.717) is 12.5 Å². The highest BCUT2D eigenvalue weighted by Gasteiger charge is 2.78. The second-order valence-electron chi connectivity index (χ2n) is 7.44. The first-order valence-corrected chi connectivity index (χ1v) is 7.90. The third-order valence-electron chi connectivity index (χ3n) is 6.30. The number of rotatable bonds is 0. The monoisotopic (exact) mass is 296 g/mol. The molecule has 0 aromatic carbocycles. The lowest BCUT2D eigenvalue weighted by molar-refractivity contribution is -0.559. The van der Waals surface area contributed by atoms with E-state index in [9.17, 15) is 4.79 Å². The van der Waals surface area contributed by atoms with Gasteiger partial charge in [0.15, 0.2) is 11.2 Å². The molecule has 5 aliphatic heterocycles. The van der Waals surface area contributed by atoms with Crippen LogP contribution in [0.3, 0.4) is 0 Å². The lowest BCUT2D eigenvalue weighted by atomic mass is 9.58. The molecule has 2 bridgehead atoms. The summed E-state index contributed by atoms with van der Waals surface area (Å²) in [5, 5.41) is 0. The fourth-order valence-electron chi connectivity index (χ4n) is 5.03. The van der Waals surface area contributed by atoms with Crippen molar-refractivity contribution < 1.29 is 28.8 Å². The quantitative estimate of drug-likeness (QED) is 0.384. The number of carbonyl (C=O) groups excluding carboxylic acids is 1. The largest absolute Gasteiger partial charge is 0.430 e. The zero-order valence-electron chi connectivity index (χ0n) is 12.3. The number of epoxide rings is 1. The molecule has 0 N–H and O–H groups in total. The van der Waals surface area contributed by atoms with Crippen LogP contribution in [0.25, 0.3) is 0 Å². The predicted octanol–water partition coefficient (Wildman–Crippen LogP) is 1.53. The summed E-state index contributed by atoms with van der Waals surface area (Å²) in [6.07, 6.45) is 2.98. The van der Waals surface area contributed by atoms with E-state index in [0.717, 1.165) is 25.7 Å². The number of hydrogen-bond acceptors (Lipinski definition) is 6. The average molecular weight is 296 g/mol. The minimum Gasteiger partial charge on any atom is -0.430 e. The number of fused-ring (bicyclic) bond motifs is 3. The molecule has 116 valence electrons. The van der Waals surface area contributed by atoms with Crippen molar-refractivity contribution in [3.05, 3.63) is 0 Å². The molecule has 2 unspecified atom stereocenters. The molecule has 6 heteroatoms. The van der Waals surface area contributed by atoms with E-state index >= 15 is 0 Å². The predicted molar refractivity (Wildman–Crippen MR) is 67.6 cm³/mol. The molecule has 0 amide bonds. The van der Waals surface area contributed by atoms with Crippen molar-refractivity contribution in [1.82, 2.24) is 0 Å². The van der Waals surface area contributed by atoms with Crippen LogP contribution in [0, 0.1) is 17.8 Å². The third kappa shape index (κ3) is 1.36. The maximum Gasteiger partial charge on any atom is 0.343 e. The Morgan fingerprint density at radius 3 is 2.76 bits per heavy atom. The minimum absolute atomic E-state index is 0.0416. The van der Waals surface area contributed by atoms with Gasteiger partial charge in [0.1, 0.15) is 0 Å². The smallest absolute Gasteiger partial charge is 0.343 e. The standard InChI is InChI=1S/C15H20O6/c1-8-3-4-10-14(7-17-14)11(16)18-12-15(10)9(8)5-6-13(2,19-12)20-21-15/h8-10,12H,3-7H2,1-2H3/t8-,9?,10?,12-,13-,14+,15-/m1/s1. The van der Waals surface area contributed by atoms with Crippen molar-refractivity contribution in [2.45, 2.75) is 62.8 Å². The SMILES string of the molecule is C[C@@H]1CCC2[C@]34OO[C@](C)(CCC13)O[C@H]4OC(=O)[C@]21CO1. The highest BCUT2D eigenvalue weighted by molar-refractivity contribution is 5.84. The number of hydrogen-bond donors (Lipinski definition) is 0. The van der Waals surface area contributed by atoms with Crippen LogP contribution in [0.2, 0.25) is 0 Å². The van der Waals surface area contributed by atoms with Gasteiger partial charge in [-0.2, -0.15) is 0 Å². The van der Waals surface area contributed by atoms with E-state index in [1.165, 1.54) is 0 Å². The highest BCUT2D eigenvalue weighted by atomic mass is 17.3. The molecular weight excluding hydrogens is 276 g/mol. The summed E-state index contributed by atoms with van der Waals surface area (Å²) in [6.45, 7) is 4.52. The normalized spacial score (nSPS) is 61.1. The summed E-state index contributed by atoms with van der Waals surface area (Å²) in [6, 6.07) is 0. The summed E-state index contributed by atoms with van der Waals surface area (Å²) in [5.74, 6) is -0.410. The van der Waals surface area contributed by atoms with Gasteiger partial charge in [0.05, 0.1) is 6.61 Å². The Morgan fingerprint density at radius 2 is 2.00 bits per heavy atom. The number of esters is 1. The first-order chi connectivity index (χ1) is 10.0. The van der Waals surface area contributed by atoms with Gasteiger partial charge in [-0.1, -0.05) is 6.92 Å². The van der Waals surface area contributed by atoms with E-state index in [1.807, 2.05) is 6.92 Å². The summed E-state index contributed by atoms with van der Waals surface area (Å²) >= 11 is 0. The average Bonchev–Trinajstić information content (AvgIpc) is 3.24. The molecule has 7 atom stereocenters. The Balaban J connectivity index is 1.68.